The van der Waals surface area contributed by atoms with Crippen LogP contribution in [0.25, 0.3) is 0 Å². The summed E-state index contributed by atoms with van der Waals surface area (Å²) in [5.74, 6) is 1.55. The van der Waals surface area contributed by atoms with E-state index in [0.29, 0.717) is 29.8 Å². The number of hydrogen-bond acceptors (Lipinski definition) is 3. The summed E-state index contributed by atoms with van der Waals surface area (Å²) in [6, 6.07) is 6.78. The van der Waals surface area contributed by atoms with E-state index in [1.807, 2.05) is 6.08 Å². The largest absolute Gasteiger partial charge is 0.489 e. The molecule has 2 atom stereocenters. The van der Waals surface area contributed by atoms with E-state index < -0.39 is 11.7 Å². The lowest BCUT2D eigenvalue weighted by Crippen LogP contribution is -2.54. The maximum Gasteiger partial charge on any atom is 0.292 e. The maximum absolute atomic E-state index is 12.8. The fourth-order valence-electron chi connectivity index (χ4n) is 5.37. The molecule has 0 aromatic heterocycles. The van der Waals surface area contributed by atoms with Crippen LogP contribution in [0.2, 0.25) is 0 Å². The number of ether oxygens (including phenoxy) is 1. The maximum atomic E-state index is 12.8. The molecular weight excluding hydrogens is 374 g/mol. The summed E-state index contributed by atoms with van der Waals surface area (Å²) in [5.41, 5.74) is 0.916. The predicted molar refractivity (Wildman–Crippen MR) is 121 cm³/mol. The van der Waals surface area contributed by atoms with Gasteiger partial charge in [-0.25, -0.2) is 0 Å². The zero-order valence-electron chi connectivity index (χ0n) is 18.2. The molecule has 1 amide bonds. The normalized spacial score (nSPS) is 28.3. The summed E-state index contributed by atoms with van der Waals surface area (Å²) in [4.78, 5) is 25.6. The number of rotatable bonds is 8. The Bertz CT molecular complexity index is 836. The van der Waals surface area contributed by atoms with Crippen molar-refractivity contribution in [3.8, 4) is 5.75 Å². The highest BCUT2D eigenvalue weighted by Gasteiger charge is 2.42. The number of allylic oxidation sites excluding steroid dienone is 2. The molecule has 2 unspecified atom stereocenters. The Balaban J connectivity index is 1.63. The van der Waals surface area contributed by atoms with Crippen LogP contribution in [-0.4, -0.2) is 23.8 Å². The Morgan fingerprint density at radius 3 is 2.53 bits per heavy atom. The van der Waals surface area contributed by atoms with Gasteiger partial charge in [-0.1, -0.05) is 50.4 Å². The van der Waals surface area contributed by atoms with Crippen molar-refractivity contribution in [2.24, 2.45) is 17.8 Å². The number of benzene rings is 1. The number of hydrogen-bond donors (Lipinski definition) is 1. The highest BCUT2D eigenvalue weighted by Crippen LogP contribution is 2.46. The number of fused-ring (bicyclic) bond motifs is 2. The van der Waals surface area contributed by atoms with Gasteiger partial charge < -0.3 is 10.1 Å². The van der Waals surface area contributed by atoms with Gasteiger partial charge in [0.05, 0.1) is 0 Å². The molecule has 30 heavy (non-hydrogen) atoms. The third-order valence-corrected chi connectivity index (χ3v) is 6.33. The summed E-state index contributed by atoms with van der Waals surface area (Å²) < 4.78 is 5.74. The van der Waals surface area contributed by atoms with E-state index >= 15 is 0 Å². The summed E-state index contributed by atoms with van der Waals surface area (Å²) in [6.07, 6.45) is 10.8. The van der Waals surface area contributed by atoms with Crippen molar-refractivity contribution in [3.05, 3.63) is 66.8 Å². The lowest BCUT2D eigenvalue weighted by molar-refractivity contribution is -0.119. The minimum absolute atomic E-state index is 0.303. The molecule has 1 N–H and O–H groups in total. The summed E-state index contributed by atoms with van der Waals surface area (Å²) in [6.45, 7) is 12.1. The Kier molecular flexibility index (Phi) is 6.96. The molecule has 4 nitrogen and oxygen atoms in total. The zero-order valence-corrected chi connectivity index (χ0v) is 18.2. The minimum Gasteiger partial charge on any atom is -0.489 e. The van der Waals surface area contributed by atoms with Crippen molar-refractivity contribution in [1.29, 1.82) is 0 Å². The van der Waals surface area contributed by atoms with Gasteiger partial charge in [0.1, 0.15) is 12.4 Å². The van der Waals surface area contributed by atoms with Crippen molar-refractivity contribution in [2.45, 2.75) is 51.5 Å². The minimum atomic E-state index is -0.527. The van der Waals surface area contributed by atoms with Crippen molar-refractivity contribution in [1.82, 2.24) is 5.32 Å². The molecule has 0 radical (unpaired) electrons. The molecule has 0 saturated heterocycles. The van der Waals surface area contributed by atoms with E-state index in [2.05, 4.69) is 32.3 Å². The van der Waals surface area contributed by atoms with Crippen LogP contribution in [0, 0.1) is 17.8 Å². The standard InChI is InChI=1S/C26H33NO3/c1-5-8-19(6-2)17-30-23-10-7-9-22(14-23)24(28)25(29)27-26(4)15-20-11-18(3)12-21(13-20)16-26/h5-10,14,18,20-21H,1-2,11-13,15-17H2,3-4H3,(H,27,29)/b19-8+. The fraction of sp³-hybridized carbons (Fsp3) is 0.462. The molecule has 2 aliphatic carbocycles. The van der Waals surface area contributed by atoms with E-state index in [4.69, 9.17) is 4.74 Å². The van der Waals surface area contributed by atoms with Crippen molar-refractivity contribution < 1.29 is 14.3 Å². The van der Waals surface area contributed by atoms with E-state index in [9.17, 15) is 9.59 Å². The van der Waals surface area contributed by atoms with Crippen molar-refractivity contribution in [3.63, 3.8) is 0 Å². The Morgan fingerprint density at radius 2 is 1.90 bits per heavy atom. The Labute approximate surface area is 180 Å². The lowest BCUT2D eigenvalue weighted by atomic mass is 9.62. The molecule has 3 rings (SSSR count). The second-order valence-electron chi connectivity index (χ2n) is 9.29. The average molecular weight is 408 g/mol. The van der Waals surface area contributed by atoms with Gasteiger partial charge in [0.2, 0.25) is 5.78 Å². The molecule has 1 aromatic rings. The molecule has 0 heterocycles. The van der Waals surface area contributed by atoms with Gasteiger partial charge in [-0.3, -0.25) is 9.59 Å². The van der Waals surface area contributed by atoms with Crippen LogP contribution in [-0.2, 0) is 4.79 Å². The van der Waals surface area contributed by atoms with Gasteiger partial charge in [0.25, 0.3) is 5.91 Å². The number of nitrogens with one attached hydrogen (secondary N) is 1. The van der Waals surface area contributed by atoms with E-state index in [1.165, 1.54) is 19.3 Å². The molecule has 160 valence electrons. The van der Waals surface area contributed by atoms with Gasteiger partial charge in [0.15, 0.2) is 0 Å². The van der Waals surface area contributed by atoms with Crippen LogP contribution in [0.5, 0.6) is 5.75 Å². The van der Waals surface area contributed by atoms with Crippen LogP contribution < -0.4 is 10.1 Å². The first kappa shape index (κ1) is 22.1. The second kappa shape index (κ2) is 9.46. The summed E-state index contributed by atoms with van der Waals surface area (Å²) >= 11 is 0. The molecule has 2 aliphatic rings. The van der Waals surface area contributed by atoms with Crippen LogP contribution in [0.1, 0.15) is 56.3 Å². The third kappa shape index (κ3) is 5.50. The van der Waals surface area contributed by atoms with Gasteiger partial charge in [0, 0.05) is 11.1 Å². The first-order valence-electron chi connectivity index (χ1n) is 10.9. The molecule has 0 spiro atoms. The highest BCUT2D eigenvalue weighted by atomic mass is 16.5. The molecule has 2 bridgehead atoms. The molecule has 0 aliphatic heterocycles. The summed E-state index contributed by atoms with van der Waals surface area (Å²) in [5, 5.41) is 3.07. The average Bonchev–Trinajstić information content (AvgIpc) is 2.69. The zero-order chi connectivity index (χ0) is 21.7. The van der Waals surface area contributed by atoms with E-state index in [0.717, 1.165) is 24.3 Å². The predicted octanol–water partition coefficient (Wildman–Crippen LogP) is 5.27. The topological polar surface area (TPSA) is 55.4 Å². The second-order valence-corrected chi connectivity index (χ2v) is 9.29. The number of carbonyl (C=O) groups excluding carboxylic acids is 2. The Hall–Kier alpha value is -2.62. The molecule has 2 fully saturated rings. The first-order chi connectivity index (χ1) is 14.3. The monoisotopic (exact) mass is 407 g/mol. The van der Waals surface area contributed by atoms with Crippen molar-refractivity contribution >= 4 is 11.7 Å². The summed E-state index contributed by atoms with van der Waals surface area (Å²) in [7, 11) is 0. The SMILES string of the molecule is C=C/C=C(\C=C)COc1cccc(C(=O)C(=O)NC2(C)CC3CC(C)CC(C3)C2)c1. The van der Waals surface area contributed by atoms with Crippen LogP contribution in [0.15, 0.2) is 61.2 Å². The van der Waals surface area contributed by atoms with Crippen LogP contribution in [0.3, 0.4) is 0 Å². The van der Waals surface area contributed by atoms with Crippen LogP contribution >= 0.6 is 0 Å². The van der Waals surface area contributed by atoms with Crippen molar-refractivity contribution in [2.75, 3.05) is 6.61 Å². The highest BCUT2D eigenvalue weighted by molar-refractivity contribution is 6.43. The molecule has 1 aromatic carbocycles. The Morgan fingerprint density at radius 1 is 1.20 bits per heavy atom. The van der Waals surface area contributed by atoms with E-state index in [-0.39, 0.29) is 5.54 Å². The van der Waals surface area contributed by atoms with Gasteiger partial charge in [-0.2, -0.15) is 0 Å². The molecule has 2 saturated carbocycles. The number of amides is 1. The molecular formula is C26H33NO3. The third-order valence-electron chi connectivity index (χ3n) is 6.33. The van der Waals surface area contributed by atoms with Gasteiger partial charge >= 0.3 is 0 Å². The van der Waals surface area contributed by atoms with Gasteiger partial charge in [-0.15, -0.1) is 0 Å². The smallest absolute Gasteiger partial charge is 0.292 e. The van der Waals surface area contributed by atoms with E-state index in [1.54, 1.807) is 36.4 Å². The molecule has 4 heteroatoms. The first-order valence-corrected chi connectivity index (χ1v) is 10.9. The van der Waals surface area contributed by atoms with Gasteiger partial charge in [-0.05, 0) is 74.5 Å². The fourth-order valence-corrected chi connectivity index (χ4v) is 5.37. The number of ketones is 1. The number of Topliss-reactive ketones (excluding diaryl/α,β-unsaturated/α-hetero) is 1. The van der Waals surface area contributed by atoms with Crippen LogP contribution in [0.4, 0.5) is 0 Å². The quantitative estimate of drug-likeness (QED) is 0.363. The lowest BCUT2D eigenvalue weighted by Gasteiger charge is -2.47. The number of carbonyl (C=O) groups is 2.